The fourth-order valence-electron chi connectivity index (χ4n) is 2.28. The summed E-state index contributed by atoms with van der Waals surface area (Å²) >= 11 is 1.44. The van der Waals surface area contributed by atoms with Crippen molar-refractivity contribution in [2.24, 2.45) is 0 Å². The van der Waals surface area contributed by atoms with E-state index in [0.717, 1.165) is 0 Å². The van der Waals surface area contributed by atoms with E-state index in [1.54, 1.807) is 10.6 Å². The fraction of sp³-hybridized carbons (Fsp3) is 0.412. The zero-order chi connectivity index (χ0) is 17.3. The van der Waals surface area contributed by atoms with Gasteiger partial charge in [-0.05, 0) is 19.1 Å². The molecule has 0 unspecified atom stereocenters. The number of benzene rings is 1. The molecule has 3 rings (SSSR count). The van der Waals surface area contributed by atoms with Crippen molar-refractivity contribution in [3.05, 3.63) is 46.3 Å². The molecule has 2 heterocycles. The number of rotatable bonds is 4. The van der Waals surface area contributed by atoms with Gasteiger partial charge in [-0.1, -0.05) is 49.8 Å². The fourth-order valence-corrected chi connectivity index (χ4v) is 3.19. The smallest absolute Gasteiger partial charge is 0.262 e. The lowest BCUT2D eigenvalue weighted by Crippen LogP contribution is -2.22. The Morgan fingerprint density at radius 2 is 1.96 bits per heavy atom. The van der Waals surface area contributed by atoms with E-state index < -0.39 is 0 Å². The quantitative estimate of drug-likeness (QED) is 0.533. The summed E-state index contributed by atoms with van der Waals surface area (Å²) in [5.41, 5.74) is 0.509. The Hall–Kier alpha value is -2.15. The Morgan fingerprint density at radius 1 is 1.21 bits per heavy atom. The van der Waals surface area contributed by atoms with Gasteiger partial charge in [0, 0.05) is 12.0 Å². The molecule has 0 N–H and O–H groups in total. The number of thioether (sulfide) groups is 1. The Labute approximate surface area is 144 Å². The molecule has 0 spiro atoms. The molecular weight excluding hydrogens is 324 g/mol. The molecule has 0 aliphatic carbocycles. The van der Waals surface area contributed by atoms with Crippen molar-refractivity contribution in [2.45, 2.75) is 50.6 Å². The zero-order valence-electron chi connectivity index (χ0n) is 14.2. The van der Waals surface area contributed by atoms with Gasteiger partial charge < -0.3 is 4.52 Å². The summed E-state index contributed by atoms with van der Waals surface area (Å²) in [5, 5.41) is 5.32. The molecule has 0 saturated heterocycles. The van der Waals surface area contributed by atoms with Gasteiger partial charge in [0.15, 0.2) is 11.0 Å². The van der Waals surface area contributed by atoms with Crippen molar-refractivity contribution in [2.75, 3.05) is 0 Å². The van der Waals surface area contributed by atoms with Gasteiger partial charge in [0.05, 0.1) is 16.7 Å². The third-order valence-electron chi connectivity index (χ3n) is 3.58. The van der Waals surface area contributed by atoms with E-state index in [0.29, 0.717) is 40.1 Å². The molecule has 0 saturated carbocycles. The summed E-state index contributed by atoms with van der Waals surface area (Å²) < 4.78 is 6.98. The van der Waals surface area contributed by atoms with Gasteiger partial charge in [0.1, 0.15) is 0 Å². The van der Waals surface area contributed by atoms with Gasteiger partial charge in [-0.15, -0.1) is 0 Å². The molecule has 3 aromatic rings. The first-order chi connectivity index (χ1) is 11.4. The first kappa shape index (κ1) is 16.7. The Balaban J connectivity index is 1.90. The first-order valence-electron chi connectivity index (χ1n) is 7.85. The van der Waals surface area contributed by atoms with E-state index >= 15 is 0 Å². The van der Waals surface area contributed by atoms with Crippen LogP contribution in [0, 0.1) is 0 Å². The van der Waals surface area contributed by atoms with Crippen LogP contribution in [0.1, 0.15) is 39.4 Å². The second-order valence-electron chi connectivity index (χ2n) is 6.52. The molecule has 6 nitrogen and oxygen atoms in total. The number of para-hydroxylation sites is 1. The van der Waals surface area contributed by atoms with E-state index in [4.69, 9.17) is 4.52 Å². The van der Waals surface area contributed by atoms with Gasteiger partial charge in [0.2, 0.25) is 5.89 Å². The van der Waals surface area contributed by atoms with E-state index in [9.17, 15) is 4.79 Å². The van der Waals surface area contributed by atoms with Crippen LogP contribution in [0.3, 0.4) is 0 Å². The minimum atomic E-state index is -0.178. The lowest BCUT2D eigenvalue weighted by molar-refractivity contribution is 0.319. The van der Waals surface area contributed by atoms with Crippen molar-refractivity contribution in [1.29, 1.82) is 0 Å². The number of aromatic nitrogens is 4. The molecule has 126 valence electrons. The van der Waals surface area contributed by atoms with Crippen LogP contribution in [0.15, 0.2) is 38.7 Å². The second kappa shape index (κ2) is 6.39. The lowest BCUT2D eigenvalue weighted by atomic mass is 9.97. The third-order valence-corrected chi connectivity index (χ3v) is 4.56. The SMILES string of the molecule is CCn1c(SCc2noc(C(C)(C)C)n2)nc2ccccc2c1=O. The summed E-state index contributed by atoms with van der Waals surface area (Å²) in [6.07, 6.45) is 0. The molecule has 0 amide bonds. The van der Waals surface area contributed by atoms with Crippen LogP contribution in [0.5, 0.6) is 0 Å². The molecule has 1 aromatic carbocycles. The van der Waals surface area contributed by atoms with E-state index in [1.165, 1.54) is 11.8 Å². The lowest BCUT2D eigenvalue weighted by Gasteiger charge is -2.11. The predicted octanol–water partition coefficient (Wildman–Crippen LogP) is 3.39. The number of fused-ring (bicyclic) bond motifs is 1. The average Bonchev–Trinajstić information content (AvgIpc) is 3.02. The van der Waals surface area contributed by atoms with Crippen LogP contribution in [0.2, 0.25) is 0 Å². The molecule has 0 aliphatic rings. The van der Waals surface area contributed by atoms with Crippen molar-refractivity contribution in [3.8, 4) is 0 Å². The van der Waals surface area contributed by atoms with Crippen molar-refractivity contribution in [1.82, 2.24) is 19.7 Å². The van der Waals surface area contributed by atoms with Gasteiger partial charge in [-0.3, -0.25) is 9.36 Å². The van der Waals surface area contributed by atoms with Gasteiger partial charge in [0.25, 0.3) is 5.56 Å². The maximum atomic E-state index is 12.6. The number of nitrogens with zero attached hydrogens (tertiary/aromatic N) is 4. The molecule has 0 bridgehead atoms. The molecule has 0 radical (unpaired) electrons. The Bertz CT molecular complexity index is 924. The highest BCUT2D eigenvalue weighted by Crippen LogP contribution is 2.24. The van der Waals surface area contributed by atoms with Gasteiger partial charge in [-0.25, -0.2) is 4.98 Å². The predicted molar refractivity (Wildman–Crippen MR) is 94.2 cm³/mol. The summed E-state index contributed by atoms with van der Waals surface area (Å²) in [7, 11) is 0. The number of hydrogen-bond donors (Lipinski definition) is 0. The maximum absolute atomic E-state index is 12.6. The Kier molecular flexibility index (Phi) is 4.45. The first-order valence-corrected chi connectivity index (χ1v) is 8.84. The van der Waals surface area contributed by atoms with Crippen LogP contribution in [0.4, 0.5) is 0 Å². The third kappa shape index (κ3) is 3.21. The minimum Gasteiger partial charge on any atom is -0.339 e. The average molecular weight is 344 g/mol. The van der Waals surface area contributed by atoms with Crippen LogP contribution in [-0.4, -0.2) is 19.7 Å². The molecule has 0 atom stereocenters. The van der Waals surface area contributed by atoms with E-state index in [1.807, 2.05) is 45.9 Å². The van der Waals surface area contributed by atoms with Crippen LogP contribution in [0.25, 0.3) is 10.9 Å². The second-order valence-corrected chi connectivity index (χ2v) is 7.46. The van der Waals surface area contributed by atoms with Crippen molar-refractivity contribution in [3.63, 3.8) is 0 Å². The molecular formula is C17H20N4O2S. The summed E-state index contributed by atoms with van der Waals surface area (Å²) in [4.78, 5) is 21.6. The highest BCUT2D eigenvalue weighted by Gasteiger charge is 2.22. The monoisotopic (exact) mass is 344 g/mol. The molecule has 0 fully saturated rings. The van der Waals surface area contributed by atoms with Gasteiger partial charge in [-0.2, -0.15) is 4.98 Å². The molecule has 24 heavy (non-hydrogen) atoms. The van der Waals surface area contributed by atoms with Crippen LogP contribution in [-0.2, 0) is 17.7 Å². The van der Waals surface area contributed by atoms with Crippen molar-refractivity contribution >= 4 is 22.7 Å². The molecule has 2 aromatic heterocycles. The molecule has 0 aliphatic heterocycles. The van der Waals surface area contributed by atoms with Crippen LogP contribution >= 0.6 is 11.8 Å². The maximum Gasteiger partial charge on any atom is 0.262 e. The number of hydrogen-bond acceptors (Lipinski definition) is 6. The highest BCUT2D eigenvalue weighted by molar-refractivity contribution is 7.98. The van der Waals surface area contributed by atoms with Crippen molar-refractivity contribution < 1.29 is 4.52 Å². The highest BCUT2D eigenvalue weighted by atomic mass is 32.2. The molecule has 7 heteroatoms. The minimum absolute atomic E-state index is 0.0194. The largest absolute Gasteiger partial charge is 0.339 e. The van der Waals surface area contributed by atoms with E-state index in [2.05, 4.69) is 15.1 Å². The van der Waals surface area contributed by atoms with E-state index in [-0.39, 0.29) is 11.0 Å². The van der Waals surface area contributed by atoms with Crippen LogP contribution < -0.4 is 5.56 Å². The summed E-state index contributed by atoms with van der Waals surface area (Å²) in [5.74, 6) is 1.72. The summed E-state index contributed by atoms with van der Waals surface area (Å²) in [6, 6.07) is 7.40. The standard InChI is InChI=1S/C17H20N4O2S/c1-5-21-14(22)11-8-6-7-9-12(11)18-16(21)24-10-13-19-15(23-20-13)17(2,3)4/h6-9H,5,10H2,1-4H3. The normalized spacial score (nSPS) is 12.0. The summed E-state index contributed by atoms with van der Waals surface area (Å²) in [6.45, 7) is 8.58. The van der Waals surface area contributed by atoms with Gasteiger partial charge >= 0.3 is 0 Å². The zero-order valence-corrected chi connectivity index (χ0v) is 15.1. The Morgan fingerprint density at radius 3 is 2.62 bits per heavy atom. The topological polar surface area (TPSA) is 73.8 Å².